The molecule has 0 N–H and O–H groups in total. The van der Waals surface area contributed by atoms with Gasteiger partial charge in [0.15, 0.2) is 23.0 Å². The van der Waals surface area contributed by atoms with Crippen LogP contribution in [0.25, 0.3) is 6.08 Å². The van der Waals surface area contributed by atoms with Crippen molar-refractivity contribution >= 4 is 18.0 Å². The fourth-order valence-corrected chi connectivity index (χ4v) is 4.77. The first-order valence-corrected chi connectivity index (χ1v) is 15.0. The minimum Gasteiger partial charge on any atom is -0.493 e. The number of hydrogen-bond acceptors (Lipinski definition) is 11. The molecule has 1 atom stereocenters. The molecule has 45 heavy (non-hydrogen) atoms. The van der Waals surface area contributed by atoms with E-state index in [1.807, 2.05) is 0 Å². The van der Waals surface area contributed by atoms with Gasteiger partial charge in [-0.3, -0.25) is 0 Å². The van der Waals surface area contributed by atoms with E-state index >= 15 is 0 Å². The number of rotatable bonds is 21. The molecule has 0 saturated carbocycles. The van der Waals surface area contributed by atoms with Gasteiger partial charge in [0.25, 0.3) is 0 Å². The maximum Gasteiger partial charge on any atom is 0.338 e. The molecule has 0 heterocycles. The molecule has 0 bridgehead atoms. The van der Waals surface area contributed by atoms with Crippen molar-refractivity contribution in [2.45, 2.75) is 39.0 Å². The van der Waals surface area contributed by atoms with E-state index < -0.39 is 11.9 Å². The summed E-state index contributed by atoms with van der Waals surface area (Å²) < 4.78 is 42.8. The van der Waals surface area contributed by atoms with Crippen LogP contribution < -0.4 is 28.4 Å². The highest BCUT2D eigenvalue weighted by atomic mass is 16.5. The zero-order chi connectivity index (χ0) is 33.2. The molecule has 2 aromatic carbocycles. The lowest BCUT2D eigenvalue weighted by Gasteiger charge is -2.21. The molecule has 0 aromatic heterocycles. The Hall–Kier alpha value is -4.12. The first kappa shape index (κ1) is 37.1. The van der Waals surface area contributed by atoms with Crippen LogP contribution in [0.4, 0.5) is 0 Å². The van der Waals surface area contributed by atoms with Gasteiger partial charge in [-0.1, -0.05) is 26.2 Å². The number of nitrogens with zero attached hydrogens (tertiary/aromatic N) is 1. The Morgan fingerprint density at radius 3 is 1.76 bits per heavy atom. The Morgan fingerprint density at radius 2 is 1.22 bits per heavy atom. The van der Waals surface area contributed by atoms with Gasteiger partial charge in [-0.05, 0) is 62.3 Å². The minimum atomic E-state index is -0.441. The predicted octanol–water partition coefficient (Wildman–Crippen LogP) is 5.67. The molecule has 0 saturated heterocycles. The molecule has 11 heteroatoms. The molecule has 250 valence electrons. The summed E-state index contributed by atoms with van der Waals surface area (Å²) in [5, 5.41) is 0. The van der Waals surface area contributed by atoms with E-state index in [2.05, 4.69) is 18.9 Å². The third-order valence-electron chi connectivity index (χ3n) is 7.05. The van der Waals surface area contributed by atoms with E-state index in [4.69, 9.17) is 37.9 Å². The van der Waals surface area contributed by atoms with E-state index in [1.54, 1.807) is 51.7 Å². The molecule has 11 nitrogen and oxygen atoms in total. The summed E-state index contributed by atoms with van der Waals surface area (Å²) in [7, 11) is 11.2. The largest absolute Gasteiger partial charge is 0.493 e. The van der Waals surface area contributed by atoms with Gasteiger partial charge in [-0.2, -0.15) is 0 Å². The van der Waals surface area contributed by atoms with Crippen molar-refractivity contribution in [3.63, 3.8) is 0 Å². The molecule has 2 aromatic rings. The molecule has 0 spiro atoms. The van der Waals surface area contributed by atoms with Gasteiger partial charge in [-0.15, -0.1) is 0 Å². The van der Waals surface area contributed by atoms with Crippen LogP contribution in [0.15, 0.2) is 30.3 Å². The van der Waals surface area contributed by atoms with Crippen LogP contribution in [0, 0.1) is 5.92 Å². The Morgan fingerprint density at radius 1 is 0.711 bits per heavy atom. The monoisotopic (exact) mass is 631 g/mol. The average Bonchev–Trinajstić information content (AvgIpc) is 3.05. The van der Waals surface area contributed by atoms with Crippen molar-refractivity contribution < 1.29 is 47.5 Å². The maximum absolute atomic E-state index is 12.7. The molecule has 0 amide bonds. The molecular formula is C34H49NO10. The van der Waals surface area contributed by atoms with Crippen molar-refractivity contribution in [3.05, 3.63) is 41.5 Å². The summed E-state index contributed by atoms with van der Waals surface area (Å²) in [4.78, 5) is 27.0. The van der Waals surface area contributed by atoms with Gasteiger partial charge >= 0.3 is 11.9 Å². The zero-order valence-electron chi connectivity index (χ0n) is 27.9. The predicted molar refractivity (Wildman–Crippen MR) is 172 cm³/mol. The van der Waals surface area contributed by atoms with Gasteiger partial charge in [-0.25, -0.2) is 9.59 Å². The summed E-state index contributed by atoms with van der Waals surface area (Å²) >= 11 is 0. The number of carbonyl (C=O) groups excluding carboxylic acids is 2. The number of methoxy groups -OCH3 is 6. The van der Waals surface area contributed by atoms with Crippen LogP contribution in [0.5, 0.6) is 34.5 Å². The second kappa shape index (κ2) is 20.0. The highest BCUT2D eigenvalue weighted by Crippen LogP contribution is 2.39. The van der Waals surface area contributed by atoms with E-state index in [9.17, 15) is 9.59 Å². The van der Waals surface area contributed by atoms with Crippen LogP contribution in [-0.4, -0.2) is 92.8 Å². The van der Waals surface area contributed by atoms with Crippen molar-refractivity contribution in [3.8, 4) is 34.5 Å². The second-order valence-corrected chi connectivity index (χ2v) is 10.6. The summed E-state index contributed by atoms with van der Waals surface area (Å²) in [5.74, 6) is 2.08. The SMILES string of the molecule is COc1cc(/C=C/C(=O)OCCCCCCCN(C)C[C@H](C)COC(=O)c2cc(OC)c(OC)c(OC)c2)cc(OC)c1OC. The highest BCUT2D eigenvalue weighted by Gasteiger charge is 2.19. The van der Waals surface area contributed by atoms with Crippen LogP contribution in [-0.2, 0) is 14.3 Å². The molecule has 2 rings (SSSR count). The lowest BCUT2D eigenvalue weighted by Crippen LogP contribution is -2.28. The van der Waals surface area contributed by atoms with Crippen LogP contribution in [0.3, 0.4) is 0 Å². The number of ether oxygens (including phenoxy) is 8. The van der Waals surface area contributed by atoms with Gasteiger partial charge in [0.1, 0.15) is 0 Å². The summed E-state index contributed by atoms with van der Waals surface area (Å²) in [6.45, 7) is 4.50. The van der Waals surface area contributed by atoms with Crippen LogP contribution in [0.2, 0.25) is 0 Å². The Kier molecular flexibility index (Phi) is 16.5. The zero-order valence-corrected chi connectivity index (χ0v) is 27.9. The Bertz CT molecular complexity index is 1200. The number of benzene rings is 2. The van der Waals surface area contributed by atoms with Crippen molar-refractivity contribution in [1.82, 2.24) is 4.90 Å². The summed E-state index contributed by atoms with van der Waals surface area (Å²) in [6.07, 6.45) is 8.06. The molecule has 0 fully saturated rings. The molecule has 0 radical (unpaired) electrons. The lowest BCUT2D eigenvalue weighted by molar-refractivity contribution is -0.137. The van der Waals surface area contributed by atoms with Crippen molar-refractivity contribution in [2.24, 2.45) is 5.92 Å². The third kappa shape index (κ3) is 12.1. The Balaban J connectivity index is 1.61. The standard InChI is InChI=1S/C34H49NO10/c1-24(23-45-34(37)26-20-29(40-5)33(43-8)30(21-26)41-6)22-35(2)16-12-10-9-11-13-17-44-31(36)15-14-25-18-27(38-3)32(42-7)28(19-25)39-4/h14-15,18-21,24H,9-13,16-17,22-23H2,1-8H3/b15-14+/t24-/m0/s1. The number of unbranched alkanes of at least 4 members (excludes halogenated alkanes) is 4. The van der Waals surface area contributed by atoms with Gasteiger partial charge < -0.3 is 42.8 Å². The maximum atomic E-state index is 12.7. The molecule has 0 aliphatic heterocycles. The van der Waals surface area contributed by atoms with E-state index in [1.165, 1.54) is 27.4 Å². The highest BCUT2D eigenvalue weighted by molar-refractivity contribution is 5.91. The average molecular weight is 632 g/mol. The Labute approximate surface area is 267 Å². The first-order valence-electron chi connectivity index (χ1n) is 15.0. The topological polar surface area (TPSA) is 111 Å². The van der Waals surface area contributed by atoms with Crippen molar-refractivity contribution in [1.29, 1.82) is 0 Å². The molecular weight excluding hydrogens is 582 g/mol. The minimum absolute atomic E-state index is 0.165. The number of carbonyl (C=O) groups is 2. The second-order valence-electron chi connectivity index (χ2n) is 10.6. The molecule has 0 aliphatic rings. The van der Waals surface area contributed by atoms with Crippen molar-refractivity contribution in [2.75, 3.05) is 76.0 Å². The molecule has 0 aliphatic carbocycles. The van der Waals surface area contributed by atoms with Gasteiger partial charge in [0.2, 0.25) is 11.5 Å². The third-order valence-corrected chi connectivity index (χ3v) is 7.05. The fraction of sp³-hybridized carbons (Fsp3) is 0.529. The van der Waals surface area contributed by atoms with E-state index in [0.29, 0.717) is 53.3 Å². The normalized spacial score (nSPS) is 11.7. The fourth-order valence-electron chi connectivity index (χ4n) is 4.77. The van der Waals surface area contributed by atoms with E-state index in [-0.39, 0.29) is 5.92 Å². The van der Waals surface area contributed by atoms with Gasteiger partial charge in [0.05, 0.1) is 61.4 Å². The van der Waals surface area contributed by atoms with Crippen LogP contribution >= 0.6 is 0 Å². The number of esters is 2. The summed E-state index contributed by atoms with van der Waals surface area (Å²) in [6, 6.07) is 6.69. The van der Waals surface area contributed by atoms with E-state index in [0.717, 1.165) is 50.8 Å². The molecule has 0 unspecified atom stereocenters. The smallest absolute Gasteiger partial charge is 0.338 e. The van der Waals surface area contributed by atoms with Crippen LogP contribution in [0.1, 0.15) is 54.9 Å². The lowest BCUT2D eigenvalue weighted by atomic mass is 10.1. The number of hydrogen-bond donors (Lipinski definition) is 0. The first-order chi connectivity index (χ1) is 21.7. The van der Waals surface area contributed by atoms with Gasteiger partial charge in [0, 0.05) is 18.5 Å². The summed E-state index contributed by atoms with van der Waals surface area (Å²) in [5.41, 5.74) is 1.07. The quantitative estimate of drug-likeness (QED) is 0.0965.